The minimum Gasteiger partial charge on any atom is -0.480 e. The highest BCUT2D eigenvalue weighted by atomic mass is 32.2. The van der Waals surface area contributed by atoms with E-state index in [1.165, 1.54) is 18.7 Å². The molecule has 0 aliphatic carbocycles. The summed E-state index contributed by atoms with van der Waals surface area (Å²) in [4.78, 5) is 45.9. The van der Waals surface area contributed by atoms with Crippen molar-refractivity contribution in [3.63, 3.8) is 0 Å². The summed E-state index contributed by atoms with van der Waals surface area (Å²) in [6, 6.07) is -1.31. The third-order valence-electron chi connectivity index (χ3n) is 3.61. The van der Waals surface area contributed by atoms with Gasteiger partial charge in [-0.25, -0.2) is 4.79 Å². The van der Waals surface area contributed by atoms with Crippen molar-refractivity contribution in [1.29, 1.82) is 0 Å². The number of carbonyl (C=O) groups is 4. The van der Waals surface area contributed by atoms with Crippen LogP contribution in [0.4, 0.5) is 0 Å². The number of nitrogens with zero attached hydrogens (tertiary/aromatic N) is 1. The molecule has 1 unspecified atom stereocenters. The van der Waals surface area contributed by atoms with Gasteiger partial charge in [-0.15, -0.1) is 0 Å². The highest BCUT2D eigenvalue weighted by Gasteiger charge is 2.38. The van der Waals surface area contributed by atoms with Crippen molar-refractivity contribution in [3.05, 3.63) is 0 Å². The Morgan fingerprint density at radius 1 is 0.929 bits per heavy atom. The van der Waals surface area contributed by atoms with Gasteiger partial charge in [0, 0.05) is 25.5 Å². The van der Waals surface area contributed by atoms with Crippen LogP contribution in [0.3, 0.4) is 0 Å². The van der Waals surface area contributed by atoms with Crippen molar-refractivity contribution in [2.45, 2.75) is 25.8 Å². The van der Waals surface area contributed by atoms with Gasteiger partial charge in [0.05, 0.1) is 52.9 Å². The van der Waals surface area contributed by atoms with Crippen LogP contribution in [0.5, 0.6) is 0 Å². The summed E-state index contributed by atoms with van der Waals surface area (Å²) in [6.45, 7) is 3.68. The fourth-order valence-corrected chi connectivity index (χ4v) is 2.79. The van der Waals surface area contributed by atoms with Gasteiger partial charge in [0.25, 0.3) is 0 Å². The Hall–Kier alpha value is -1.53. The zero-order valence-corrected chi connectivity index (χ0v) is 16.7. The van der Waals surface area contributed by atoms with Crippen LogP contribution in [0.1, 0.15) is 19.8 Å². The van der Waals surface area contributed by atoms with Crippen molar-refractivity contribution in [2.75, 3.05) is 58.6 Å². The highest BCUT2D eigenvalue weighted by molar-refractivity contribution is 8.13. The lowest BCUT2D eigenvalue weighted by molar-refractivity contribution is -0.157. The minimum atomic E-state index is -1.31. The van der Waals surface area contributed by atoms with Crippen LogP contribution in [-0.4, -0.2) is 97.6 Å². The molecule has 1 atom stereocenters. The number of carbonyl (C=O) groups excluding carboxylic acids is 3. The molecular weight excluding hydrogens is 394 g/mol. The van der Waals surface area contributed by atoms with Gasteiger partial charge in [0.15, 0.2) is 11.2 Å². The highest BCUT2D eigenvalue weighted by Crippen LogP contribution is 2.16. The van der Waals surface area contributed by atoms with Gasteiger partial charge in [0.2, 0.25) is 11.8 Å². The van der Waals surface area contributed by atoms with Crippen molar-refractivity contribution < 1.29 is 43.2 Å². The maximum atomic E-state index is 11.6. The summed E-state index contributed by atoms with van der Waals surface area (Å²) in [5.41, 5.74) is 0. The van der Waals surface area contributed by atoms with Crippen LogP contribution in [0, 0.1) is 0 Å². The largest absolute Gasteiger partial charge is 0.480 e. The Morgan fingerprint density at radius 2 is 1.39 bits per heavy atom. The van der Waals surface area contributed by atoms with Gasteiger partial charge >= 0.3 is 5.97 Å². The first-order chi connectivity index (χ1) is 13.4. The van der Waals surface area contributed by atoms with E-state index in [9.17, 15) is 24.3 Å². The number of carboxylic acids is 1. The predicted octanol–water partition coefficient (Wildman–Crippen LogP) is -0.0653. The lowest BCUT2D eigenvalue weighted by Crippen LogP contribution is -2.47. The van der Waals surface area contributed by atoms with E-state index in [0.29, 0.717) is 38.8 Å². The topological polar surface area (TPSA) is 129 Å². The molecule has 1 saturated heterocycles. The van der Waals surface area contributed by atoms with E-state index in [0.717, 1.165) is 4.90 Å². The zero-order chi connectivity index (χ0) is 20.8. The quantitative estimate of drug-likeness (QED) is 0.267. The van der Waals surface area contributed by atoms with E-state index in [1.807, 2.05) is 0 Å². The lowest BCUT2D eigenvalue weighted by Gasteiger charge is -2.22. The number of carboxylic acid groups (broad SMARTS) is 1. The molecule has 0 spiro atoms. The maximum Gasteiger partial charge on any atom is 0.329 e. The Kier molecular flexibility index (Phi) is 12.7. The third-order valence-corrected chi connectivity index (χ3v) is 4.39. The van der Waals surface area contributed by atoms with Gasteiger partial charge < -0.3 is 24.1 Å². The summed E-state index contributed by atoms with van der Waals surface area (Å²) in [7, 11) is 0. The number of thioether (sulfide) groups is 1. The molecule has 1 aliphatic rings. The third kappa shape index (κ3) is 10.1. The number of hydrogen-bond acceptors (Lipinski definition) is 9. The Bertz CT molecular complexity index is 513. The smallest absolute Gasteiger partial charge is 0.329 e. The first-order valence-electron chi connectivity index (χ1n) is 8.95. The lowest BCUT2D eigenvalue weighted by atomic mass is 10.3. The molecule has 28 heavy (non-hydrogen) atoms. The summed E-state index contributed by atoms with van der Waals surface area (Å²) in [6.07, 6.45) is 0.0717. The van der Waals surface area contributed by atoms with Crippen LogP contribution >= 0.6 is 11.8 Å². The Labute approximate surface area is 167 Å². The molecule has 1 rings (SSSR count). The normalized spacial score (nSPS) is 15.2. The first-order valence-corrected chi connectivity index (χ1v) is 9.94. The molecule has 0 aromatic rings. The Morgan fingerprint density at radius 3 is 1.86 bits per heavy atom. The van der Waals surface area contributed by atoms with Crippen molar-refractivity contribution in [1.82, 2.24) is 4.90 Å². The average molecular weight is 421 g/mol. The molecule has 10 nitrogen and oxygen atoms in total. The summed E-state index contributed by atoms with van der Waals surface area (Å²) in [5, 5.41) is 9.25. The fraction of sp³-hybridized carbons (Fsp3) is 0.765. The molecule has 1 heterocycles. The maximum absolute atomic E-state index is 11.6. The van der Waals surface area contributed by atoms with Gasteiger partial charge in [0.1, 0.15) is 0 Å². The molecule has 0 bridgehead atoms. The fourth-order valence-electron chi connectivity index (χ4n) is 2.30. The van der Waals surface area contributed by atoms with E-state index in [2.05, 4.69) is 0 Å². The number of aliphatic carboxylic acids is 1. The average Bonchev–Trinajstić information content (AvgIpc) is 2.96. The van der Waals surface area contributed by atoms with Crippen molar-refractivity contribution in [3.8, 4) is 0 Å². The number of amides is 2. The second-order valence-corrected chi connectivity index (χ2v) is 7.04. The first kappa shape index (κ1) is 24.5. The molecular formula is C17H27NO9S. The molecule has 1 fully saturated rings. The van der Waals surface area contributed by atoms with Gasteiger partial charge in [-0.05, 0) is 0 Å². The second kappa shape index (κ2) is 14.5. The molecule has 1 aliphatic heterocycles. The minimum absolute atomic E-state index is 0.0359. The van der Waals surface area contributed by atoms with E-state index >= 15 is 0 Å². The van der Waals surface area contributed by atoms with Gasteiger partial charge in [-0.2, -0.15) is 0 Å². The van der Waals surface area contributed by atoms with E-state index in [-0.39, 0.29) is 37.8 Å². The number of likely N-dealkylation sites (tertiary alicyclic amines) is 1. The Balaban J connectivity index is 1.97. The number of rotatable bonds is 16. The standard InChI is InChI=1S/C17H27NO9S/c1-13(19)28-11-10-26-7-6-24-4-5-25-8-9-27-12-14(17(22)23)18-15(20)2-3-16(18)21/h14H,2-12H2,1H3,(H,22,23). The molecule has 11 heteroatoms. The number of imide groups is 1. The molecule has 0 saturated carbocycles. The molecule has 0 aromatic carbocycles. The van der Waals surface area contributed by atoms with E-state index < -0.39 is 23.8 Å². The van der Waals surface area contributed by atoms with Crippen LogP contribution in [-0.2, 0) is 38.1 Å². The van der Waals surface area contributed by atoms with E-state index in [4.69, 9.17) is 18.9 Å². The summed E-state index contributed by atoms with van der Waals surface area (Å²) in [5.74, 6) is -1.63. The van der Waals surface area contributed by atoms with Crippen LogP contribution in [0.15, 0.2) is 0 Å². The number of hydrogen-bond donors (Lipinski definition) is 1. The van der Waals surface area contributed by atoms with Gasteiger partial charge in [-0.3, -0.25) is 19.3 Å². The van der Waals surface area contributed by atoms with Crippen molar-refractivity contribution in [2.24, 2.45) is 0 Å². The summed E-state index contributed by atoms with van der Waals surface area (Å²) < 4.78 is 21.1. The van der Waals surface area contributed by atoms with Crippen molar-refractivity contribution >= 4 is 34.7 Å². The SMILES string of the molecule is CC(=O)SCCOCCOCCOCCOCC(C(=O)O)N1C(=O)CCC1=O. The molecule has 160 valence electrons. The predicted molar refractivity (Wildman–Crippen MR) is 98.9 cm³/mol. The van der Waals surface area contributed by atoms with Crippen LogP contribution in [0.2, 0.25) is 0 Å². The molecule has 1 N–H and O–H groups in total. The monoisotopic (exact) mass is 421 g/mol. The summed E-state index contributed by atoms with van der Waals surface area (Å²) >= 11 is 1.22. The van der Waals surface area contributed by atoms with Crippen LogP contribution < -0.4 is 0 Å². The molecule has 2 amide bonds. The van der Waals surface area contributed by atoms with Gasteiger partial charge in [-0.1, -0.05) is 11.8 Å². The van der Waals surface area contributed by atoms with Crippen LogP contribution in [0.25, 0.3) is 0 Å². The van der Waals surface area contributed by atoms with E-state index in [1.54, 1.807) is 0 Å². The molecule has 0 aromatic heterocycles. The molecule has 0 radical (unpaired) electrons. The number of ether oxygens (including phenoxy) is 4. The second-order valence-electron chi connectivity index (χ2n) is 5.76. The zero-order valence-electron chi connectivity index (χ0n) is 15.9.